The van der Waals surface area contributed by atoms with Crippen LogP contribution in [-0.4, -0.2) is 28.8 Å². The Morgan fingerprint density at radius 3 is 2.75 bits per heavy atom. The largest absolute Gasteiger partial charge is 0.507 e. The van der Waals surface area contributed by atoms with Crippen LogP contribution in [0.1, 0.15) is 29.3 Å². The van der Waals surface area contributed by atoms with Gasteiger partial charge >= 0.3 is 0 Å². The molecule has 0 saturated heterocycles. The lowest BCUT2D eigenvalue weighted by Crippen LogP contribution is -2.36. The normalized spacial score (nSPS) is 12.2. The Bertz CT molecular complexity index is 373. The molecule has 0 aliphatic carbocycles. The van der Waals surface area contributed by atoms with E-state index in [1.54, 1.807) is 25.1 Å². The maximum absolute atomic E-state index is 11.8. The van der Waals surface area contributed by atoms with E-state index in [1.165, 1.54) is 0 Å². The standard InChI is InChI=1S/C12H17NO3/c1-3-9(7-14)13-12(16)10-6-4-5-8(2)11(10)15/h4-6,9,14-15H,3,7H2,1-2H3,(H,13,16). The number of carbonyl (C=O) groups is 1. The Balaban J connectivity index is 2.84. The summed E-state index contributed by atoms with van der Waals surface area (Å²) in [4.78, 5) is 11.8. The van der Waals surface area contributed by atoms with Gasteiger partial charge in [0.15, 0.2) is 0 Å². The zero-order valence-electron chi connectivity index (χ0n) is 9.53. The number of aliphatic hydroxyl groups excluding tert-OH is 1. The Morgan fingerprint density at radius 2 is 2.19 bits per heavy atom. The summed E-state index contributed by atoms with van der Waals surface area (Å²) in [5.74, 6) is -0.366. The summed E-state index contributed by atoms with van der Waals surface area (Å²) in [6.45, 7) is 3.50. The first-order valence-corrected chi connectivity index (χ1v) is 5.30. The van der Waals surface area contributed by atoms with Crippen LogP contribution in [0.25, 0.3) is 0 Å². The smallest absolute Gasteiger partial charge is 0.255 e. The topological polar surface area (TPSA) is 69.6 Å². The molecule has 0 aliphatic rings. The lowest BCUT2D eigenvalue weighted by atomic mass is 10.1. The molecule has 3 N–H and O–H groups in total. The maximum Gasteiger partial charge on any atom is 0.255 e. The lowest BCUT2D eigenvalue weighted by molar-refractivity contribution is 0.0912. The van der Waals surface area contributed by atoms with Gasteiger partial charge in [-0.2, -0.15) is 0 Å². The van der Waals surface area contributed by atoms with E-state index in [9.17, 15) is 9.90 Å². The molecule has 16 heavy (non-hydrogen) atoms. The highest BCUT2D eigenvalue weighted by molar-refractivity contribution is 5.97. The maximum atomic E-state index is 11.8. The zero-order chi connectivity index (χ0) is 12.1. The first-order valence-electron chi connectivity index (χ1n) is 5.30. The summed E-state index contributed by atoms with van der Waals surface area (Å²) in [7, 11) is 0. The number of aliphatic hydroxyl groups is 1. The fraction of sp³-hybridized carbons (Fsp3) is 0.417. The second kappa shape index (κ2) is 5.51. The number of rotatable bonds is 4. The van der Waals surface area contributed by atoms with Crippen LogP contribution in [0.15, 0.2) is 18.2 Å². The zero-order valence-corrected chi connectivity index (χ0v) is 9.53. The van der Waals surface area contributed by atoms with E-state index in [1.807, 2.05) is 6.92 Å². The minimum atomic E-state index is -0.359. The molecule has 0 aromatic heterocycles. The molecular formula is C12H17NO3. The molecule has 0 bridgehead atoms. The van der Waals surface area contributed by atoms with Crippen molar-refractivity contribution < 1.29 is 15.0 Å². The number of hydrogen-bond donors (Lipinski definition) is 3. The third-order valence-corrected chi connectivity index (χ3v) is 2.53. The summed E-state index contributed by atoms with van der Waals surface area (Å²) < 4.78 is 0. The molecule has 0 heterocycles. The number of aryl methyl sites for hydroxylation is 1. The van der Waals surface area contributed by atoms with Gasteiger partial charge in [0.2, 0.25) is 0 Å². The Kier molecular flexibility index (Phi) is 4.31. The molecule has 1 aromatic carbocycles. The quantitative estimate of drug-likeness (QED) is 0.718. The van der Waals surface area contributed by atoms with Crippen LogP contribution in [0.3, 0.4) is 0 Å². The highest BCUT2D eigenvalue weighted by Crippen LogP contribution is 2.21. The number of para-hydroxylation sites is 1. The van der Waals surface area contributed by atoms with Gasteiger partial charge in [-0.3, -0.25) is 4.79 Å². The van der Waals surface area contributed by atoms with Crippen LogP contribution in [0.2, 0.25) is 0 Å². The number of carbonyl (C=O) groups excluding carboxylic acids is 1. The predicted molar refractivity (Wildman–Crippen MR) is 61.5 cm³/mol. The van der Waals surface area contributed by atoms with Crippen molar-refractivity contribution in [3.8, 4) is 5.75 Å². The van der Waals surface area contributed by atoms with Gasteiger partial charge in [-0.1, -0.05) is 19.1 Å². The van der Waals surface area contributed by atoms with Crippen LogP contribution >= 0.6 is 0 Å². The van der Waals surface area contributed by atoms with Crippen molar-refractivity contribution in [3.63, 3.8) is 0 Å². The van der Waals surface area contributed by atoms with Gasteiger partial charge in [0.25, 0.3) is 5.91 Å². The predicted octanol–water partition coefficient (Wildman–Crippen LogP) is 1.20. The summed E-state index contributed by atoms with van der Waals surface area (Å²) in [5.41, 5.74) is 0.900. The number of nitrogens with one attached hydrogen (secondary N) is 1. The first-order chi connectivity index (χ1) is 7.60. The molecule has 1 rings (SSSR count). The molecule has 0 aliphatic heterocycles. The first kappa shape index (κ1) is 12.5. The average molecular weight is 223 g/mol. The molecule has 1 aromatic rings. The Labute approximate surface area is 94.9 Å². The summed E-state index contributed by atoms with van der Waals surface area (Å²) in [5, 5.41) is 21.3. The highest BCUT2D eigenvalue weighted by atomic mass is 16.3. The molecule has 1 atom stereocenters. The highest BCUT2D eigenvalue weighted by Gasteiger charge is 2.15. The molecule has 4 heteroatoms. The van der Waals surface area contributed by atoms with Crippen molar-refractivity contribution in [1.82, 2.24) is 5.32 Å². The van der Waals surface area contributed by atoms with Gasteiger partial charge in [0.05, 0.1) is 18.2 Å². The number of hydrogen-bond acceptors (Lipinski definition) is 3. The minimum absolute atomic E-state index is 0.00667. The fourth-order valence-electron chi connectivity index (χ4n) is 1.38. The van der Waals surface area contributed by atoms with Gasteiger partial charge < -0.3 is 15.5 Å². The van der Waals surface area contributed by atoms with Crippen LogP contribution in [0.5, 0.6) is 5.75 Å². The lowest BCUT2D eigenvalue weighted by Gasteiger charge is -2.14. The molecule has 1 amide bonds. The molecular weight excluding hydrogens is 206 g/mol. The Morgan fingerprint density at radius 1 is 1.50 bits per heavy atom. The van der Waals surface area contributed by atoms with Gasteiger partial charge in [-0.25, -0.2) is 0 Å². The van der Waals surface area contributed by atoms with Crippen LogP contribution in [-0.2, 0) is 0 Å². The molecule has 0 radical (unpaired) electrons. The molecule has 0 spiro atoms. The minimum Gasteiger partial charge on any atom is -0.507 e. The number of benzene rings is 1. The second-order valence-corrected chi connectivity index (χ2v) is 3.73. The van der Waals surface area contributed by atoms with Crippen molar-refractivity contribution in [2.45, 2.75) is 26.3 Å². The van der Waals surface area contributed by atoms with E-state index >= 15 is 0 Å². The van der Waals surface area contributed by atoms with Crippen molar-refractivity contribution in [2.24, 2.45) is 0 Å². The third-order valence-electron chi connectivity index (χ3n) is 2.53. The summed E-state index contributed by atoms with van der Waals surface area (Å²) in [6, 6.07) is 4.73. The summed E-state index contributed by atoms with van der Waals surface area (Å²) in [6.07, 6.45) is 0.648. The van der Waals surface area contributed by atoms with Crippen molar-refractivity contribution in [3.05, 3.63) is 29.3 Å². The van der Waals surface area contributed by atoms with Gasteiger partial charge in [0.1, 0.15) is 5.75 Å². The SMILES string of the molecule is CCC(CO)NC(=O)c1cccc(C)c1O. The fourth-order valence-corrected chi connectivity index (χ4v) is 1.38. The van der Waals surface area contributed by atoms with Gasteiger partial charge in [0, 0.05) is 0 Å². The monoisotopic (exact) mass is 223 g/mol. The van der Waals surface area contributed by atoms with Crippen LogP contribution in [0.4, 0.5) is 0 Å². The van der Waals surface area contributed by atoms with E-state index in [2.05, 4.69) is 5.32 Å². The molecule has 0 saturated carbocycles. The third kappa shape index (κ3) is 2.73. The number of phenolic OH excluding ortho intramolecular Hbond substituents is 1. The van der Waals surface area contributed by atoms with Crippen LogP contribution in [0, 0.1) is 6.92 Å². The van der Waals surface area contributed by atoms with E-state index in [0.29, 0.717) is 12.0 Å². The molecule has 88 valence electrons. The number of aromatic hydroxyl groups is 1. The van der Waals surface area contributed by atoms with Crippen LogP contribution < -0.4 is 5.32 Å². The number of phenols is 1. The molecule has 0 fully saturated rings. The van der Waals surface area contributed by atoms with E-state index in [-0.39, 0.29) is 29.9 Å². The molecule has 4 nitrogen and oxygen atoms in total. The van der Waals surface area contributed by atoms with Crippen molar-refractivity contribution in [1.29, 1.82) is 0 Å². The number of amides is 1. The van der Waals surface area contributed by atoms with Crippen molar-refractivity contribution >= 4 is 5.91 Å². The Hall–Kier alpha value is -1.55. The van der Waals surface area contributed by atoms with Gasteiger partial charge in [-0.15, -0.1) is 0 Å². The molecule has 1 unspecified atom stereocenters. The van der Waals surface area contributed by atoms with E-state index in [0.717, 1.165) is 0 Å². The summed E-state index contributed by atoms with van der Waals surface area (Å²) >= 11 is 0. The average Bonchev–Trinajstić information content (AvgIpc) is 2.29. The van der Waals surface area contributed by atoms with E-state index < -0.39 is 0 Å². The van der Waals surface area contributed by atoms with Crippen molar-refractivity contribution in [2.75, 3.05) is 6.61 Å². The second-order valence-electron chi connectivity index (χ2n) is 3.73. The van der Waals surface area contributed by atoms with Gasteiger partial charge in [-0.05, 0) is 25.0 Å². The van der Waals surface area contributed by atoms with E-state index in [4.69, 9.17) is 5.11 Å².